The van der Waals surface area contributed by atoms with Crippen LogP contribution in [-0.2, 0) is 24.7 Å². The van der Waals surface area contributed by atoms with E-state index in [0.29, 0.717) is 19.3 Å². The topological polar surface area (TPSA) is 118 Å². The van der Waals surface area contributed by atoms with Gasteiger partial charge in [-0.1, -0.05) is 6.42 Å². The minimum absolute atomic E-state index is 0.404. The van der Waals surface area contributed by atoms with Crippen molar-refractivity contribution in [2.75, 3.05) is 17.8 Å². The zero-order valence-corrected chi connectivity index (χ0v) is 12.6. The van der Waals surface area contributed by atoms with E-state index in [9.17, 15) is 21.6 Å². The molecule has 0 saturated heterocycles. The molecule has 0 amide bonds. The largest absolute Gasteiger partial charge is 0.481 e. The standard InChI is InChI=1S/C10H19NO6S2/c1-10(9(12)13)5-3-4-8(10)11-19(16,17)7-6-18(2,14)15/h8,11H,3-7H2,1-2H3,(H,12,13). The molecule has 0 spiro atoms. The Labute approximate surface area is 113 Å². The van der Waals surface area contributed by atoms with Gasteiger partial charge in [-0.25, -0.2) is 21.6 Å². The van der Waals surface area contributed by atoms with Gasteiger partial charge < -0.3 is 5.11 Å². The van der Waals surface area contributed by atoms with Gasteiger partial charge in [0, 0.05) is 12.3 Å². The molecule has 0 aromatic heterocycles. The Kier molecular flexibility index (Phi) is 4.63. The number of carboxylic acid groups (broad SMARTS) is 1. The summed E-state index contributed by atoms with van der Waals surface area (Å²) in [6, 6.07) is -0.686. The first-order valence-corrected chi connectivity index (χ1v) is 9.59. The summed E-state index contributed by atoms with van der Waals surface area (Å²) in [5, 5.41) is 9.17. The van der Waals surface area contributed by atoms with Gasteiger partial charge in [-0.2, -0.15) is 0 Å². The Bertz CT molecular complexity index is 553. The van der Waals surface area contributed by atoms with Crippen LogP contribution in [0.15, 0.2) is 0 Å². The molecular formula is C10H19NO6S2. The Morgan fingerprint density at radius 1 is 1.32 bits per heavy atom. The molecular weight excluding hydrogens is 294 g/mol. The quantitative estimate of drug-likeness (QED) is 0.688. The number of hydrogen-bond acceptors (Lipinski definition) is 5. The molecule has 7 nitrogen and oxygen atoms in total. The number of carbonyl (C=O) groups is 1. The van der Waals surface area contributed by atoms with Crippen LogP contribution in [-0.4, -0.2) is 51.7 Å². The van der Waals surface area contributed by atoms with E-state index in [1.54, 1.807) is 0 Å². The molecule has 19 heavy (non-hydrogen) atoms. The van der Waals surface area contributed by atoms with Crippen molar-refractivity contribution in [3.63, 3.8) is 0 Å². The maximum absolute atomic E-state index is 11.8. The average Bonchev–Trinajstić information content (AvgIpc) is 2.58. The average molecular weight is 313 g/mol. The van der Waals surface area contributed by atoms with Crippen LogP contribution in [0.4, 0.5) is 0 Å². The third-order valence-electron chi connectivity index (χ3n) is 3.49. The third-order valence-corrected chi connectivity index (χ3v) is 6.08. The van der Waals surface area contributed by atoms with Crippen LogP contribution in [0.1, 0.15) is 26.2 Å². The molecule has 0 aromatic carbocycles. The maximum atomic E-state index is 11.8. The Hall–Kier alpha value is -0.670. The lowest BCUT2D eigenvalue weighted by molar-refractivity contribution is -0.148. The third kappa shape index (κ3) is 4.43. The molecule has 1 aliphatic rings. The molecule has 0 radical (unpaired) electrons. The minimum Gasteiger partial charge on any atom is -0.481 e. The Morgan fingerprint density at radius 2 is 1.89 bits per heavy atom. The van der Waals surface area contributed by atoms with Gasteiger partial charge in [0.25, 0.3) is 0 Å². The highest BCUT2D eigenvalue weighted by molar-refractivity contribution is 7.93. The summed E-state index contributed by atoms with van der Waals surface area (Å²) >= 11 is 0. The molecule has 9 heteroatoms. The first kappa shape index (κ1) is 16.4. The van der Waals surface area contributed by atoms with Crippen LogP contribution in [0.25, 0.3) is 0 Å². The van der Waals surface area contributed by atoms with Crippen LogP contribution in [0.3, 0.4) is 0 Å². The van der Waals surface area contributed by atoms with Crippen molar-refractivity contribution in [3.05, 3.63) is 0 Å². The molecule has 1 rings (SSSR count). The van der Waals surface area contributed by atoms with Crippen molar-refractivity contribution < 1.29 is 26.7 Å². The monoisotopic (exact) mass is 313 g/mol. The van der Waals surface area contributed by atoms with Crippen LogP contribution in [0, 0.1) is 5.41 Å². The molecule has 0 bridgehead atoms. The van der Waals surface area contributed by atoms with Crippen LogP contribution in [0.5, 0.6) is 0 Å². The van der Waals surface area contributed by atoms with E-state index in [1.807, 2.05) is 0 Å². The fraction of sp³-hybridized carbons (Fsp3) is 0.900. The summed E-state index contributed by atoms with van der Waals surface area (Å²) in [6.45, 7) is 1.51. The zero-order valence-electron chi connectivity index (χ0n) is 10.9. The predicted molar refractivity (Wildman–Crippen MR) is 70.0 cm³/mol. The van der Waals surface area contributed by atoms with E-state index in [0.717, 1.165) is 6.26 Å². The van der Waals surface area contributed by atoms with Gasteiger partial charge in [-0.3, -0.25) is 4.79 Å². The normalized spacial score (nSPS) is 28.4. The highest BCUT2D eigenvalue weighted by atomic mass is 32.2. The van der Waals surface area contributed by atoms with E-state index in [2.05, 4.69) is 4.72 Å². The van der Waals surface area contributed by atoms with E-state index >= 15 is 0 Å². The number of sulfonamides is 1. The summed E-state index contributed by atoms with van der Waals surface area (Å²) in [5.74, 6) is -2.06. The van der Waals surface area contributed by atoms with Crippen molar-refractivity contribution in [1.29, 1.82) is 0 Å². The van der Waals surface area contributed by atoms with Gasteiger partial charge in [0.1, 0.15) is 9.84 Å². The number of carboxylic acids is 1. The summed E-state index contributed by atoms with van der Waals surface area (Å²) in [5.41, 5.74) is -1.13. The maximum Gasteiger partial charge on any atom is 0.310 e. The molecule has 1 saturated carbocycles. The van der Waals surface area contributed by atoms with E-state index in [4.69, 9.17) is 5.11 Å². The number of sulfone groups is 1. The molecule has 1 aliphatic carbocycles. The van der Waals surface area contributed by atoms with Crippen molar-refractivity contribution in [2.45, 2.75) is 32.2 Å². The fourth-order valence-electron chi connectivity index (χ4n) is 2.15. The van der Waals surface area contributed by atoms with Crippen molar-refractivity contribution in [3.8, 4) is 0 Å². The highest BCUT2D eigenvalue weighted by Crippen LogP contribution is 2.38. The molecule has 0 aliphatic heterocycles. The van der Waals surface area contributed by atoms with E-state index < -0.39 is 48.8 Å². The summed E-state index contributed by atoms with van der Waals surface area (Å²) in [6.07, 6.45) is 2.43. The van der Waals surface area contributed by atoms with Crippen molar-refractivity contribution in [2.24, 2.45) is 5.41 Å². The van der Waals surface area contributed by atoms with E-state index in [-0.39, 0.29) is 0 Å². The van der Waals surface area contributed by atoms with Crippen molar-refractivity contribution >= 4 is 25.8 Å². The predicted octanol–water partition coefficient (Wildman–Crippen LogP) is -0.406. The van der Waals surface area contributed by atoms with Crippen LogP contribution in [0.2, 0.25) is 0 Å². The Morgan fingerprint density at radius 3 is 2.37 bits per heavy atom. The molecule has 2 atom stereocenters. The second-order valence-electron chi connectivity index (χ2n) is 5.23. The lowest BCUT2D eigenvalue weighted by Crippen LogP contribution is -2.48. The first-order chi connectivity index (χ1) is 8.46. The highest BCUT2D eigenvalue weighted by Gasteiger charge is 2.46. The van der Waals surface area contributed by atoms with Gasteiger partial charge in [0.15, 0.2) is 0 Å². The molecule has 112 valence electrons. The second kappa shape index (κ2) is 5.37. The van der Waals surface area contributed by atoms with Crippen molar-refractivity contribution in [1.82, 2.24) is 4.72 Å². The number of rotatable bonds is 6. The molecule has 0 heterocycles. The number of aliphatic carboxylic acids is 1. The molecule has 2 unspecified atom stereocenters. The Balaban J connectivity index is 2.76. The van der Waals surface area contributed by atoms with Gasteiger partial charge in [0.05, 0.1) is 16.9 Å². The smallest absolute Gasteiger partial charge is 0.310 e. The van der Waals surface area contributed by atoms with Crippen LogP contribution < -0.4 is 4.72 Å². The van der Waals surface area contributed by atoms with Gasteiger partial charge in [0.2, 0.25) is 10.0 Å². The minimum atomic E-state index is -3.80. The van der Waals surface area contributed by atoms with Gasteiger partial charge in [-0.05, 0) is 19.8 Å². The molecule has 2 N–H and O–H groups in total. The fourth-order valence-corrected chi connectivity index (χ4v) is 5.17. The zero-order chi connectivity index (χ0) is 14.9. The summed E-state index contributed by atoms with van der Waals surface area (Å²) in [7, 11) is -7.17. The molecule has 0 aromatic rings. The number of hydrogen-bond donors (Lipinski definition) is 2. The first-order valence-electron chi connectivity index (χ1n) is 5.87. The molecule has 1 fully saturated rings. The SMILES string of the molecule is CC1(C(=O)O)CCCC1NS(=O)(=O)CCS(C)(=O)=O. The number of nitrogens with one attached hydrogen (secondary N) is 1. The lowest BCUT2D eigenvalue weighted by atomic mass is 9.85. The lowest BCUT2D eigenvalue weighted by Gasteiger charge is -2.27. The van der Waals surface area contributed by atoms with Gasteiger partial charge >= 0.3 is 5.97 Å². The van der Waals surface area contributed by atoms with Gasteiger partial charge in [-0.15, -0.1) is 0 Å². The summed E-state index contributed by atoms with van der Waals surface area (Å²) in [4.78, 5) is 11.2. The summed E-state index contributed by atoms with van der Waals surface area (Å²) < 4.78 is 47.8. The second-order valence-corrected chi connectivity index (χ2v) is 9.37. The van der Waals surface area contributed by atoms with Crippen LogP contribution >= 0.6 is 0 Å². The van der Waals surface area contributed by atoms with E-state index in [1.165, 1.54) is 6.92 Å².